The van der Waals surface area contributed by atoms with E-state index in [0.29, 0.717) is 0 Å². The third-order valence-electron chi connectivity index (χ3n) is 4.16. The molecule has 0 saturated carbocycles. The number of carbonyl (C=O) groups is 6. The lowest BCUT2D eigenvalue weighted by molar-refractivity contribution is -0.140. The average Bonchev–Trinajstić information content (AvgIpc) is 2.76. The Bertz CT molecular complexity index is 950. The summed E-state index contributed by atoms with van der Waals surface area (Å²) in [5.74, 6) is -5.80. The van der Waals surface area contributed by atoms with Gasteiger partial charge in [0.2, 0.25) is 0 Å². The summed E-state index contributed by atoms with van der Waals surface area (Å²) < 4.78 is 9.31. The molecule has 10 heteroatoms. The van der Waals surface area contributed by atoms with Crippen molar-refractivity contribution >= 4 is 35.8 Å². The van der Waals surface area contributed by atoms with Gasteiger partial charge in [0.1, 0.15) is 0 Å². The molecule has 0 aliphatic rings. The van der Waals surface area contributed by atoms with Crippen molar-refractivity contribution in [3.8, 4) is 0 Å². The second-order valence-electron chi connectivity index (χ2n) is 6.50. The molecule has 32 heavy (non-hydrogen) atoms. The molecule has 0 spiro atoms. The fourth-order valence-corrected chi connectivity index (χ4v) is 2.46. The highest BCUT2D eigenvalue weighted by Crippen LogP contribution is 2.10. The van der Waals surface area contributed by atoms with Crippen LogP contribution in [0.2, 0.25) is 0 Å². The number of carbonyl (C=O) groups excluding carboxylic acids is 4. The number of esters is 4. The molecule has 0 saturated heterocycles. The number of hydrogen-bond acceptors (Lipinski definition) is 8. The highest BCUT2D eigenvalue weighted by atomic mass is 16.6. The number of carboxylic acid groups (broad SMARTS) is 2. The van der Waals surface area contributed by atoms with Gasteiger partial charge in [-0.1, -0.05) is 0 Å². The van der Waals surface area contributed by atoms with Crippen LogP contribution >= 0.6 is 0 Å². The number of unbranched alkanes of at least 4 members (excludes halogenated alkanes) is 1. The molecule has 0 radical (unpaired) electrons. The van der Waals surface area contributed by atoms with Gasteiger partial charge in [-0.3, -0.25) is 9.59 Å². The highest BCUT2D eigenvalue weighted by molar-refractivity contribution is 5.98. The van der Waals surface area contributed by atoms with Crippen LogP contribution in [0.4, 0.5) is 0 Å². The largest absolute Gasteiger partial charge is 0.478 e. The molecule has 0 fully saturated rings. The molecular weight excluding hydrogens is 424 g/mol. The molecule has 0 amide bonds. The summed E-state index contributed by atoms with van der Waals surface area (Å²) in [4.78, 5) is 68.7. The third kappa shape index (κ3) is 7.17. The first-order valence-electron chi connectivity index (χ1n) is 9.34. The highest BCUT2D eigenvalue weighted by Gasteiger charge is 2.16. The van der Waals surface area contributed by atoms with Crippen LogP contribution < -0.4 is 0 Å². The zero-order valence-electron chi connectivity index (χ0n) is 16.6. The molecule has 2 rings (SSSR count). The van der Waals surface area contributed by atoms with Gasteiger partial charge >= 0.3 is 35.8 Å². The average molecular weight is 442 g/mol. The van der Waals surface area contributed by atoms with Gasteiger partial charge in [0, 0.05) is 12.8 Å². The van der Waals surface area contributed by atoms with E-state index in [1.54, 1.807) is 0 Å². The molecular formula is C22H18O10. The van der Waals surface area contributed by atoms with Crippen LogP contribution in [0.1, 0.15) is 67.1 Å². The monoisotopic (exact) mass is 442 g/mol. The third-order valence-corrected chi connectivity index (χ3v) is 4.16. The Morgan fingerprint density at radius 1 is 0.531 bits per heavy atom. The van der Waals surface area contributed by atoms with Gasteiger partial charge in [-0.2, -0.15) is 0 Å². The van der Waals surface area contributed by atoms with Crippen LogP contribution in [-0.2, 0) is 19.1 Å². The lowest BCUT2D eigenvalue weighted by Crippen LogP contribution is -2.14. The summed E-state index contributed by atoms with van der Waals surface area (Å²) in [5, 5.41) is 17.6. The second-order valence-corrected chi connectivity index (χ2v) is 6.50. The van der Waals surface area contributed by atoms with Gasteiger partial charge < -0.3 is 19.7 Å². The lowest BCUT2D eigenvalue weighted by atomic mass is 10.1. The van der Waals surface area contributed by atoms with Crippen LogP contribution in [0, 0.1) is 0 Å². The number of ether oxygens (including phenoxy) is 2. The van der Waals surface area contributed by atoms with Crippen molar-refractivity contribution in [3.63, 3.8) is 0 Å². The van der Waals surface area contributed by atoms with Crippen molar-refractivity contribution in [1.82, 2.24) is 0 Å². The minimum Gasteiger partial charge on any atom is -0.478 e. The van der Waals surface area contributed by atoms with E-state index in [-0.39, 0.29) is 47.9 Å². The molecule has 0 bridgehead atoms. The Morgan fingerprint density at radius 2 is 0.812 bits per heavy atom. The molecule has 2 aromatic rings. The van der Waals surface area contributed by atoms with Crippen molar-refractivity contribution in [3.05, 3.63) is 70.8 Å². The first kappa shape index (κ1) is 23.9. The van der Waals surface area contributed by atoms with Gasteiger partial charge in [-0.15, -0.1) is 0 Å². The summed E-state index contributed by atoms with van der Waals surface area (Å²) in [5.41, 5.74) is -0.00491. The first-order chi connectivity index (χ1) is 15.2. The van der Waals surface area contributed by atoms with E-state index in [9.17, 15) is 28.8 Å². The van der Waals surface area contributed by atoms with E-state index in [1.807, 2.05) is 0 Å². The minimum atomic E-state index is -1.16. The van der Waals surface area contributed by atoms with E-state index < -0.39 is 35.8 Å². The van der Waals surface area contributed by atoms with E-state index in [4.69, 9.17) is 10.2 Å². The Morgan fingerprint density at radius 3 is 1.09 bits per heavy atom. The maximum atomic E-state index is 11.9. The SMILES string of the molecule is O=C(CCCCC(=O)OC(=O)c1ccc(C(=O)O)cc1)OC(=O)c1ccc(C(=O)O)cc1. The van der Waals surface area contributed by atoms with Crippen molar-refractivity contribution in [2.24, 2.45) is 0 Å². The maximum absolute atomic E-state index is 11.9. The Hall–Kier alpha value is -4.34. The molecule has 2 aromatic carbocycles. The molecule has 0 aliphatic carbocycles. The minimum absolute atomic E-state index is 0.0156. The van der Waals surface area contributed by atoms with Crippen molar-refractivity contribution in [1.29, 1.82) is 0 Å². The second kappa shape index (κ2) is 11.2. The lowest BCUT2D eigenvalue weighted by Gasteiger charge is -2.05. The molecule has 0 aliphatic heterocycles. The molecule has 10 nitrogen and oxygen atoms in total. The number of benzene rings is 2. The van der Waals surface area contributed by atoms with Gasteiger partial charge in [0.25, 0.3) is 0 Å². The number of aromatic carboxylic acids is 2. The standard InChI is InChI=1S/C22H18O10/c23-17(31-21(29)15-9-5-13(6-10-15)19(25)26)3-1-2-4-18(24)32-22(30)16-11-7-14(8-12-16)20(27)28/h5-12H,1-4H2,(H,25,26)(H,27,28). The van der Waals surface area contributed by atoms with Gasteiger partial charge in [-0.05, 0) is 61.4 Å². The van der Waals surface area contributed by atoms with Crippen LogP contribution in [0.25, 0.3) is 0 Å². The number of rotatable bonds is 9. The summed E-state index contributed by atoms with van der Waals surface area (Å²) in [7, 11) is 0. The van der Waals surface area contributed by atoms with Crippen molar-refractivity contribution in [2.45, 2.75) is 25.7 Å². The molecule has 166 valence electrons. The molecule has 2 N–H and O–H groups in total. The smallest absolute Gasteiger partial charge is 0.345 e. The van der Waals surface area contributed by atoms with E-state index in [2.05, 4.69) is 9.47 Å². The van der Waals surface area contributed by atoms with Crippen molar-refractivity contribution < 1.29 is 48.5 Å². The molecule has 0 unspecified atom stereocenters. The maximum Gasteiger partial charge on any atom is 0.345 e. The fraction of sp³-hybridized carbons (Fsp3) is 0.182. The first-order valence-corrected chi connectivity index (χ1v) is 9.34. The number of hydrogen-bond donors (Lipinski definition) is 2. The van der Waals surface area contributed by atoms with Crippen molar-refractivity contribution in [2.75, 3.05) is 0 Å². The van der Waals surface area contributed by atoms with E-state index in [1.165, 1.54) is 48.5 Å². The normalized spacial score (nSPS) is 10.1. The predicted molar refractivity (Wildman–Crippen MR) is 106 cm³/mol. The molecule has 0 heterocycles. The van der Waals surface area contributed by atoms with Gasteiger partial charge in [0.05, 0.1) is 22.3 Å². The number of carboxylic acids is 2. The summed E-state index contributed by atoms with van der Waals surface area (Å²) in [6.07, 6.45) is 0.0784. The Balaban J connectivity index is 1.69. The van der Waals surface area contributed by atoms with E-state index in [0.717, 1.165) is 0 Å². The Labute approximate surface area is 181 Å². The zero-order valence-corrected chi connectivity index (χ0v) is 16.6. The topological polar surface area (TPSA) is 161 Å². The van der Waals surface area contributed by atoms with Crippen LogP contribution in [0.5, 0.6) is 0 Å². The van der Waals surface area contributed by atoms with Gasteiger partial charge in [0.15, 0.2) is 0 Å². The van der Waals surface area contributed by atoms with E-state index >= 15 is 0 Å². The molecule has 0 aromatic heterocycles. The predicted octanol–water partition coefficient (Wildman–Crippen LogP) is 2.71. The quantitative estimate of drug-likeness (QED) is 0.335. The fourth-order valence-electron chi connectivity index (χ4n) is 2.46. The Kier molecular flexibility index (Phi) is 8.35. The van der Waals surface area contributed by atoms with Crippen LogP contribution in [0.15, 0.2) is 48.5 Å². The summed E-state index contributed by atoms with van der Waals surface area (Å²) in [6.45, 7) is 0. The van der Waals surface area contributed by atoms with Crippen LogP contribution in [0.3, 0.4) is 0 Å². The van der Waals surface area contributed by atoms with Gasteiger partial charge in [-0.25, -0.2) is 19.2 Å². The zero-order chi connectivity index (χ0) is 23.7. The molecule has 0 atom stereocenters. The van der Waals surface area contributed by atoms with Crippen LogP contribution in [-0.4, -0.2) is 46.0 Å². The summed E-state index contributed by atoms with van der Waals surface area (Å²) in [6, 6.07) is 9.71. The summed E-state index contributed by atoms with van der Waals surface area (Å²) >= 11 is 0.